The van der Waals surface area contributed by atoms with Crippen LogP contribution in [0.15, 0.2) is 59.7 Å². The van der Waals surface area contributed by atoms with Crippen LogP contribution in [-0.4, -0.2) is 51.5 Å². The Morgan fingerprint density at radius 1 is 1.07 bits per heavy atom. The fourth-order valence-electron chi connectivity index (χ4n) is 3.25. The molecule has 29 heavy (non-hydrogen) atoms. The molecule has 1 amide bonds. The molecule has 1 fully saturated rings. The number of halogens is 1. The van der Waals surface area contributed by atoms with E-state index in [1.807, 2.05) is 24.4 Å². The number of carbonyl (C=O) groups excluding carboxylic acids is 1. The topological polar surface area (TPSA) is 87.1 Å². The quantitative estimate of drug-likeness (QED) is 0.607. The minimum Gasteiger partial charge on any atom is -0.353 e. The van der Waals surface area contributed by atoms with Gasteiger partial charge in [-0.15, -0.1) is 0 Å². The fourth-order valence-corrected chi connectivity index (χ4v) is 3.49. The number of nitrogens with one attached hydrogen (secondary N) is 1. The summed E-state index contributed by atoms with van der Waals surface area (Å²) in [6.45, 7) is 4.64. The number of piperazine rings is 1. The van der Waals surface area contributed by atoms with Crippen molar-refractivity contribution >= 4 is 39.3 Å². The summed E-state index contributed by atoms with van der Waals surface area (Å²) in [4.78, 5) is 34.1. The van der Waals surface area contributed by atoms with Gasteiger partial charge in [-0.3, -0.25) is 4.79 Å². The number of nitrogens with zero attached hydrogens (tertiary/aromatic N) is 6. The molecule has 3 aromatic heterocycles. The molecule has 0 aliphatic carbocycles. The Morgan fingerprint density at radius 2 is 1.90 bits per heavy atom. The first-order valence-electron chi connectivity index (χ1n) is 9.28. The van der Waals surface area contributed by atoms with Crippen LogP contribution < -0.4 is 15.1 Å². The maximum absolute atomic E-state index is 12.3. The number of hydrogen-bond donors (Lipinski definition) is 1. The summed E-state index contributed by atoms with van der Waals surface area (Å²) in [6, 6.07) is 9.60. The van der Waals surface area contributed by atoms with E-state index in [1.165, 1.54) is 6.20 Å². The van der Waals surface area contributed by atoms with E-state index in [4.69, 9.17) is 0 Å². The van der Waals surface area contributed by atoms with Crippen LogP contribution in [0.2, 0.25) is 0 Å². The van der Waals surface area contributed by atoms with Crippen LogP contribution in [0.4, 0.5) is 17.5 Å². The van der Waals surface area contributed by atoms with Crippen molar-refractivity contribution in [1.82, 2.24) is 19.9 Å². The lowest BCUT2D eigenvalue weighted by Crippen LogP contribution is -2.53. The highest BCUT2D eigenvalue weighted by Crippen LogP contribution is 2.20. The summed E-state index contributed by atoms with van der Waals surface area (Å²) >= 11 is 3.25. The van der Waals surface area contributed by atoms with Crippen molar-refractivity contribution in [1.29, 1.82) is 0 Å². The van der Waals surface area contributed by atoms with Crippen molar-refractivity contribution in [2.75, 3.05) is 34.8 Å². The number of pyridine rings is 2. The second-order valence-electron chi connectivity index (χ2n) is 6.77. The van der Waals surface area contributed by atoms with Gasteiger partial charge in [-0.2, -0.15) is 0 Å². The zero-order valence-electron chi connectivity index (χ0n) is 15.9. The minimum absolute atomic E-state index is 0.236. The average Bonchev–Trinajstić information content (AvgIpc) is 2.75. The number of hydrogen-bond acceptors (Lipinski definition) is 7. The maximum atomic E-state index is 12.3. The number of rotatable bonds is 4. The number of carbonyl (C=O) groups is 1. The molecule has 0 aromatic carbocycles. The van der Waals surface area contributed by atoms with Crippen LogP contribution in [0.1, 0.15) is 17.3 Å². The van der Waals surface area contributed by atoms with E-state index in [0.717, 1.165) is 25.5 Å². The van der Waals surface area contributed by atoms with Gasteiger partial charge in [0.25, 0.3) is 5.91 Å². The molecule has 148 valence electrons. The van der Waals surface area contributed by atoms with Gasteiger partial charge in [-0.25, -0.2) is 19.9 Å². The molecule has 4 heterocycles. The Kier molecular flexibility index (Phi) is 5.66. The fraction of sp³-hybridized carbons (Fsp3) is 0.250. The molecule has 1 N–H and O–H groups in total. The average molecular weight is 454 g/mol. The SMILES string of the molecule is C[C@H]1CN(c2ccccn2)CCN1c1ncc(NC(=O)c2ccc(Br)nc2)cn1. The molecule has 9 heteroatoms. The van der Waals surface area contributed by atoms with Crippen LogP contribution in [0.5, 0.6) is 0 Å². The third-order valence-electron chi connectivity index (χ3n) is 4.74. The van der Waals surface area contributed by atoms with Crippen LogP contribution in [0.25, 0.3) is 0 Å². The summed E-state index contributed by atoms with van der Waals surface area (Å²) in [5, 5.41) is 2.79. The molecule has 8 nitrogen and oxygen atoms in total. The Morgan fingerprint density at radius 3 is 2.55 bits per heavy atom. The summed E-state index contributed by atoms with van der Waals surface area (Å²) in [7, 11) is 0. The molecule has 4 rings (SSSR count). The zero-order chi connectivity index (χ0) is 20.2. The molecule has 1 atom stereocenters. The van der Waals surface area contributed by atoms with Gasteiger partial charge in [0.05, 0.1) is 23.6 Å². The third kappa shape index (κ3) is 4.51. The molecule has 1 saturated heterocycles. The molecular weight excluding hydrogens is 434 g/mol. The van der Waals surface area contributed by atoms with Crippen molar-refractivity contribution in [3.8, 4) is 0 Å². The lowest BCUT2D eigenvalue weighted by atomic mass is 10.2. The van der Waals surface area contributed by atoms with Crippen molar-refractivity contribution < 1.29 is 4.79 Å². The van der Waals surface area contributed by atoms with Gasteiger partial charge in [0.2, 0.25) is 5.95 Å². The Balaban J connectivity index is 1.39. The van der Waals surface area contributed by atoms with Crippen LogP contribution >= 0.6 is 15.9 Å². The zero-order valence-corrected chi connectivity index (χ0v) is 17.5. The Bertz CT molecular complexity index is 966. The predicted octanol–water partition coefficient (Wildman–Crippen LogP) is 3.00. The van der Waals surface area contributed by atoms with Crippen LogP contribution in [0.3, 0.4) is 0 Å². The first-order chi connectivity index (χ1) is 14.1. The lowest BCUT2D eigenvalue weighted by Gasteiger charge is -2.40. The van der Waals surface area contributed by atoms with Crippen molar-refractivity contribution in [3.05, 3.63) is 65.3 Å². The summed E-state index contributed by atoms with van der Waals surface area (Å²) in [5.41, 5.74) is 1.01. The van der Waals surface area contributed by atoms with E-state index in [2.05, 4.69) is 57.9 Å². The lowest BCUT2D eigenvalue weighted by molar-refractivity contribution is 0.102. The van der Waals surface area contributed by atoms with Crippen LogP contribution in [-0.2, 0) is 0 Å². The smallest absolute Gasteiger partial charge is 0.257 e. The highest BCUT2D eigenvalue weighted by atomic mass is 79.9. The molecular formula is C20H20BrN7O. The van der Waals surface area contributed by atoms with Crippen molar-refractivity contribution in [2.24, 2.45) is 0 Å². The van der Waals surface area contributed by atoms with E-state index < -0.39 is 0 Å². The molecule has 0 unspecified atom stereocenters. The second-order valence-corrected chi connectivity index (χ2v) is 7.58. The Labute approximate surface area is 177 Å². The van der Waals surface area contributed by atoms with E-state index in [0.29, 0.717) is 21.8 Å². The van der Waals surface area contributed by atoms with Crippen molar-refractivity contribution in [2.45, 2.75) is 13.0 Å². The molecule has 0 radical (unpaired) electrons. The monoisotopic (exact) mass is 453 g/mol. The largest absolute Gasteiger partial charge is 0.353 e. The molecule has 1 aliphatic rings. The van der Waals surface area contributed by atoms with E-state index in [1.54, 1.807) is 24.5 Å². The van der Waals surface area contributed by atoms with Crippen molar-refractivity contribution in [3.63, 3.8) is 0 Å². The van der Waals surface area contributed by atoms with E-state index in [-0.39, 0.29) is 11.9 Å². The van der Waals surface area contributed by atoms with Gasteiger partial charge >= 0.3 is 0 Å². The van der Waals surface area contributed by atoms with Gasteiger partial charge in [0.1, 0.15) is 10.4 Å². The molecule has 3 aromatic rings. The highest BCUT2D eigenvalue weighted by Gasteiger charge is 2.26. The Hall–Kier alpha value is -3.07. The summed E-state index contributed by atoms with van der Waals surface area (Å²) < 4.78 is 0.680. The highest BCUT2D eigenvalue weighted by molar-refractivity contribution is 9.10. The number of aromatic nitrogens is 4. The normalized spacial score (nSPS) is 16.6. The van der Waals surface area contributed by atoms with Gasteiger partial charge in [0, 0.05) is 38.1 Å². The number of amides is 1. The van der Waals surface area contributed by atoms with Gasteiger partial charge < -0.3 is 15.1 Å². The predicted molar refractivity (Wildman–Crippen MR) is 115 cm³/mol. The van der Waals surface area contributed by atoms with Gasteiger partial charge in [-0.1, -0.05) is 6.07 Å². The maximum Gasteiger partial charge on any atom is 0.257 e. The minimum atomic E-state index is -0.251. The molecule has 0 spiro atoms. The third-order valence-corrected chi connectivity index (χ3v) is 5.21. The van der Waals surface area contributed by atoms with E-state index in [9.17, 15) is 4.79 Å². The van der Waals surface area contributed by atoms with Gasteiger partial charge in [0.15, 0.2) is 0 Å². The van der Waals surface area contributed by atoms with E-state index >= 15 is 0 Å². The molecule has 1 aliphatic heterocycles. The standard InChI is InChI=1S/C20H20BrN7O/c1-14-13-27(18-4-2-3-7-22-18)8-9-28(14)20-24-11-16(12-25-20)26-19(29)15-5-6-17(21)23-10-15/h2-7,10-12,14H,8-9,13H2,1H3,(H,26,29)/t14-/m0/s1. The summed E-state index contributed by atoms with van der Waals surface area (Å²) in [5.74, 6) is 1.39. The summed E-state index contributed by atoms with van der Waals surface area (Å²) in [6.07, 6.45) is 6.58. The molecule has 0 bridgehead atoms. The number of anilines is 3. The first kappa shape index (κ1) is 19.3. The van der Waals surface area contributed by atoms with Crippen LogP contribution in [0, 0.1) is 0 Å². The second kappa shape index (κ2) is 8.52. The first-order valence-corrected chi connectivity index (χ1v) is 10.1. The van der Waals surface area contributed by atoms with Gasteiger partial charge in [-0.05, 0) is 47.1 Å². The molecule has 0 saturated carbocycles.